The lowest BCUT2D eigenvalue weighted by Gasteiger charge is -2.14. The minimum absolute atomic E-state index is 0.00299. The molecule has 0 heterocycles. The monoisotopic (exact) mass is 493 g/mol. The topological polar surface area (TPSA) is 99.7 Å². The Kier molecular flexibility index (Phi) is 9.22. The number of carbonyl (C=O) groups excluding carboxylic acids is 2. The van der Waals surface area contributed by atoms with Gasteiger partial charge in [0.2, 0.25) is 0 Å². The van der Waals surface area contributed by atoms with Gasteiger partial charge in [0.15, 0.2) is 5.11 Å². The van der Waals surface area contributed by atoms with Crippen molar-refractivity contribution in [3.63, 3.8) is 0 Å². The third-order valence-electron chi connectivity index (χ3n) is 3.82. The van der Waals surface area contributed by atoms with E-state index in [2.05, 4.69) is 31.9 Å². The maximum absolute atomic E-state index is 12.5. The number of aliphatic hydroxyl groups excluding tert-OH is 1. The molecule has 2 amide bonds. The molecule has 0 saturated carbocycles. The Morgan fingerprint density at radius 1 is 1.17 bits per heavy atom. The van der Waals surface area contributed by atoms with Gasteiger partial charge >= 0.3 is 0 Å². The maximum atomic E-state index is 12.5. The highest BCUT2D eigenvalue weighted by Crippen LogP contribution is 2.27. The van der Waals surface area contributed by atoms with Gasteiger partial charge in [-0.2, -0.15) is 0 Å². The first-order valence-electron chi connectivity index (χ1n) is 9.38. The summed E-state index contributed by atoms with van der Waals surface area (Å²) in [5, 5.41) is 17.1. The second kappa shape index (κ2) is 11.6. The number of ether oxygens (including phenoxy) is 1. The van der Waals surface area contributed by atoms with Crippen LogP contribution in [-0.4, -0.2) is 41.3 Å². The highest BCUT2D eigenvalue weighted by Gasteiger charge is 2.14. The zero-order chi connectivity index (χ0) is 22.1. The number of hydrogen-bond acceptors (Lipinski definition) is 5. The predicted octanol–water partition coefficient (Wildman–Crippen LogP) is 3.48. The Labute approximate surface area is 189 Å². The van der Waals surface area contributed by atoms with Crippen LogP contribution in [0.2, 0.25) is 0 Å². The molecule has 0 aromatic heterocycles. The zero-order valence-corrected chi connectivity index (χ0v) is 19.1. The highest BCUT2D eigenvalue weighted by molar-refractivity contribution is 9.10. The molecule has 7 nitrogen and oxygen atoms in total. The van der Waals surface area contributed by atoms with Gasteiger partial charge in [0, 0.05) is 18.7 Å². The average Bonchev–Trinajstić information content (AvgIpc) is 2.69. The van der Waals surface area contributed by atoms with E-state index in [4.69, 9.17) is 22.1 Å². The molecule has 160 valence electrons. The van der Waals surface area contributed by atoms with E-state index in [1.165, 1.54) is 0 Å². The van der Waals surface area contributed by atoms with E-state index in [9.17, 15) is 9.59 Å². The van der Waals surface area contributed by atoms with Crippen molar-refractivity contribution < 1.29 is 19.4 Å². The van der Waals surface area contributed by atoms with Gasteiger partial charge in [-0.25, -0.2) is 0 Å². The normalized spacial score (nSPS) is 10.4. The molecule has 9 heteroatoms. The van der Waals surface area contributed by atoms with E-state index >= 15 is 0 Å². The van der Waals surface area contributed by atoms with Gasteiger partial charge < -0.3 is 20.5 Å². The number of anilines is 1. The molecule has 2 rings (SSSR count). The Bertz CT molecular complexity index is 921. The van der Waals surface area contributed by atoms with E-state index in [1.807, 2.05) is 13.8 Å². The number of aliphatic hydroxyl groups is 1. The molecule has 0 bridgehead atoms. The molecule has 2 aromatic carbocycles. The molecule has 0 unspecified atom stereocenters. The number of halogens is 1. The summed E-state index contributed by atoms with van der Waals surface area (Å²) >= 11 is 8.64. The molecule has 4 N–H and O–H groups in total. The Balaban J connectivity index is 2.03. The van der Waals surface area contributed by atoms with Gasteiger partial charge in [-0.1, -0.05) is 12.1 Å². The lowest BCUT2D eigenvalue weighted by molar-refractivity contribution is 0.0950. The van der Waals surface area contributed by atoms with Crippen LogP contribution in [0.4, 0.5) is 5.69 Å². The zero-order valence-electron chi connectivity index (χ0n) is 16.7. The summed E-state index contributed by atoms with van der Waals surface area (Å²) in [5.41, 5.74) is 1.24. The van der Waals surface area contributed by atoms with Crippen molar-refractivity contribution in [2.45, 2.75) is 26.4 Å². The SMILES string of the molecule is CC(C)Oc1ccc(C(=O)NC(=S)Nc2ccccc2C(=O)NCCCO)cc1Br. The third-order valence-corrected chi connectivity index (χ3v) is 4.65. The third kappa shape index (κ3) is 7.08. The van der Waals surface area contributed by atoms with E-state index < -0.39 is 5.91 Å². The molecule has 0 aliphatic heterocycles. The van der Waals surface area contributed by atoms with E-state index in [0.717, 1.165) is 0 Å². The van der Waals surface area contributed by atoms with Gasteiger partial charge in [0.25, 0.3) is 11.8 Å². The molecule has 30 heavy (non-hydrogen) atoms. The van der Waals surface area contributed by atoms with Gasteiger partial charge in [0.1, 0.15) is 5.75 Å². The maximum Gasteiger partial charge on any atom is 0.257 e. The fourth-order valence-electron chi connectivity index (χ4n) is 2.49. The van der Waals surface area contributed by atoms with Gasteiger partial charge in [-0.3, -0.25) is 14.9 Å². The smallest absolute Gasteiger partial charge is 0.257 e. The number of amides is 2. The van der Waals surface area contributed by atoms with E-state index in [0.29, 0.717) is 40.0 Å². The quantitative estimate of drug-likeness (QED) is 0.331. The minimum Gasteiger partial charge on any atom is -0.490 e. The van der Waals surface area contributed by atoms with Gasteiger partial charge in [0.05, 0.1) is 21.8 Å². The summed E-state index contributed by atoms with van der Waals surface area (Å²) in [6.07, 6.45) is 0.477. The second-order valence-electron chi connectivity index (χ2n) is 6.60. The Morgan fingerprint density at radius 2 is 1.90 bits per heavy atom. The summed E-state index contributed by atoms with van der Waals surface area (Å²) in [6, 6.07) is 11.8. The molecule has 0 saturated heterocycles. The van der Waals surface area contributed by atoms with Crippen LogP contribution in [0.15, 0.2) is 46.9 Å². The van der Waals surface area contributed by atoms with Crippen molar-refractivity contribution in [3.8, 4) is 5.75 Å². The summed E-state index contributed by atoms with van der Waals surface area (Å²) in [6.45, 7) is 4.19. The molecule has 2 aromatic rings. The van der Waals surface area contributed by atoms with Crippen molar-refractivity contribution in [2.24, 2.45) is 0 Å². The number of thiocarbonyl (C=S) groups is 1. The molecular weight excluding hydrogens is 470 g/mol. The minimum atomic E-state index is -0.394. The van der Waals surface area contributed by atoms with Gasteiger partial charge in [-0.05, 0) is 78.7 Å². The Hall–Kier alpha value is -2.49. The van der Waals surface area contributed by atoms with Crippen LogP contribution in [-0.2, 0) is 0 Å². The summed E-state index contributed by atoms with van der Waals surface area (Å²) < 4.78 is 6.30. The fraction of sp³-hybridized carbons (Fsp3) is 0.286. The van der Waals surface area contributed by atoms with Gasteiger partial charge in [-0.15, -0.1) is 0 Å². The van der Waals surface area contributed by atoms with Crippen molar-refractivity contribution >= 4 is 50.8 Å². The lowest BCUT2D eigenvalue weighted by atomic mass is 10.1. The summed E-state index contributed by atoms with van der Waals surface area (Å²) in [5.74, 6) is -0.0529. The van der Waals surface area contributed by atoms with Crippen molar-refractivity contribution in [2.75, 3.05) is 18.5 Å². The number of benzene rings is 2. The van der Waals surface area contributed by atoms with Crippen LogP contribution in [0.3, 0.4) is 0 Å². The number of carbonyl (C=O) groups is 2. The summed E-state index contributed by atoms with van der Waals surface area (Å²) in [4.78, 5) is 24.9. The molecule has 0 atom stereocenters. The first kappa shape index (κ1) is 23.8. The average molecular weight is 494 g/mol. The van der Waals surface area contributed by atoms with Crippen molar-refractivity contribution in [1.82, 2.24) is 10.6 Å². The fourth-order valence-corrected chi connectivity index (χ4v) is 3.16. The molecule has 0 aliphatic carbocycles. The number of nitrogens with one attached hydrogen (secondary N) is 3. The highest BCUT2D eigenvalue weighted by atomic mass is 79.9. The molecule has 0 spiro atoms. The van der Waals surface area contributed by atoms with Crippen LogP contribution < -0.4 is 20.7 Å². The van der Waals surface area contributed by atoms with E-state index in [-0.39, 0.29) is 23.7 Å². The molecule has 0 aliphatic rings. The van der Waals surface area contributed by atoms with Crippen LogP contribution >= 0.6 is 28.1 Å². The molecule has 0 radical (unpaired) electrons. The molecular formula is C21H24BrN3O4S. The van der Waals surface area contributed by atoms with Crippen molar-refractivity contribution in [1.29, 1.82) is 0 Å². The molecule has 0 fully saturated rings. The van der Waals surface area contributed by atoms with E-state index in [1.54, 1.807) is 42.5 Å². The van der Waals surface area contributed by atoms with Crippen molar-refractivity contribution in [3.05, 3.63) is 58.1 Å². The first-order chi connectivity index (χ1) is 14.3. The Morgan fingerprint density at radius 3 is 2.57 bits per heavy atom. The lowest BCUT2D eigenvalue weighted by Crippen LogP contribution is -2.35. The standard InChI is InChI=1S/C21H24BrN3O4S/c1-13(2)29-18-9-8-14(12-16(18)22)19(27)25-21(30)24-17-7-4-3-6-15(17)20(28)23-10-5-11-26/h3-4,6-9,12-13,26H,5,10-11H2,1-2H3,(H,23,28)(H2,24,25,27,30). The largest absolute Gasteiger partial charge is 0.490 e. The van der Waals surface area contributed by atoms with Crippen LogP contribution in [0.5, 0.6) is 5.75 Å². The van der Waals surface area contributed by atoms with Crippen LogP contribution in [0, 0.1) is 0 Å². The van der Waals surface area contributed by atoms with Crippen LogP contribution in [0.1, 0.15) is 41.0 Å². The summed E-state index contributed by atoms with van der Waals surface area (Å²) in [7, 11) is 0. The number of hydrogen-bond donors (Lipinski definition) is 4. The predicted molar refractivity (Wildman–Crippen MR) is 124 cm³/mol. The number of para-hydroxylation sites is 1. The second-order valence-corrected chi connectivity index (χ2v) is 7.86. The number of rotatable bonds is 8. The van der Waals surface area contributed by atoms with Crippen LogP contribution in [0.25, 0.3) is 0 Å². The first-order valence-corrected chi connectivity index (χ1v) is 10.6.